The van der Waals surface area contributed by atoms with E-state index < -0.39 is 0 Å². The maximum atomic E-state index is 11.9. The first-order valence-corrected chi connectivity index (χ1v) is 7.82. The van der Waals surface area contributed by atoms with Crippen molar-refractivity contribution in [2.24, 2.45) is 11.3 Å². The van der Waals surface area contributed by atoms with Gasteiger partial charge in [0, 0.05) is 18.4 Å². The van der Waals surface area contributed by atoms with Gasteiger partial charge in [0.1, 0.15) is 0 Å². The first-order chi connectivity index (χ1) is 9.24. The Balaban J connectivity index is 1.63. The molecule has 1 saturated heterocycles. The van der Waals surface area contributed by atoms with Gasteiger partial charge in [0.25, 0.3) is 0 Å². The van der Waals surface area contributed by atoms with E-state index in [1.54, 1.807) is 0 Å². The van der Waals surface area contributed by atoms with Gasteiger partial charge in [-0.3, -0.25) is 4.79 Å². The molecule has 0 spiro atoms. The fourth-order valence-electron chi connectivity index (χ4n) is 3.40. The molecule has 0 aromatic heterocycles. The molecule has 2 fully saturated rings. The van der Waals surface area contributed by atoms with Crippen molar-refractivity contribution in [2.75, 3.05) is 26.2 Å². The van der Waals surface area contributed by atoms with Crippen LogP contribution in [0.15, 0.2) is 0 Å². The summed E-state index contributed by atoms with van der Waals surface area (Å²) in [5.74, 6) is 0.878. The first-order valence-electron chi connectivity index (χ1n) is 7.82. The molecule has 1 heterocycles. The number of aliphatic hydroxyl groups is 1. The van der Waals surface area contributed by atoms with Crippen LogP contribution >= 0.6 is 0 Å². The summed E-state index contributed by atoms with van der Waals surface area (Å²) >= 11 is 0. The quantitative estimate of drug-likeness (QED) is 0.683. The molecule has 2 rings (SSSR count). The lowest BCUT2D eigenvalue weighted by Gasteiger charge is -2.27. The van der Waals surface area contributed by atoms with Crippen LogP contribution in [0.1, 0.15) is 51.4 Å². The Morgan fingerprint density at radius 1 is 1.26 bits per heavy atom. The zero-order valence-electron chi connectivity index (χ0n) is 11.9. The number of piperidine rings is 1. The van der Waals surface area contributed by atoms with E-state index in [2.05, 4.69) is 10.6 Å². The SMILES string of the molecule is O=C(CCC1CCNCC1)NCC1(CO)CCCC1. The highest BCUT2D eigenvalue weighted by Crippen LogP contribution is 2.36. The fraction of sp³-hybridized carbons (Fsp3) is 0.933. The minimum absolute atomic E-state index is 0.0234. The van der Waals surface area contributed by atoms with Gasteiger partial charge in [0.05, 0.1) is 6.61 Å². The molecule has 1 aliphatic carbocycles. The number of nitrogens with one attached hydrogen (secondary N) is 2. The summed E-state index contributed by atoms with van der Waals surface area (Å²) in [4.78, 5) is 11.9. The monoisotopic (exact) mass is 268 g/mol. The fourth-order valence-corrected chi connectivity index (χ4v) is 3.40. The lowest BCUT2D eigenvalue weighted by molar-refractivity contribution is -0.122. The summed E-state index contributed by atoms with van der Waals surface area (Å²) in [5, 5.41) is 15.9. The van der Waals surface area contributed by atoms with Crippen molar-refractivity contribution >= 4 is 5.91 Å². The first kappa shape index (κ1) is 14.8. The zero-order valence-corrected chi connectivity index (χ0v) is 11.9. The third kappa shape index (κ3) is 4.46. The second-order valence-electron chi connectivity index (χ2n) is 6.37. The molecule has 0 bridgehead atoms. The number of amides is 1. The Hall–Kier alpha value is -0.610. The van der Waals surface area contributed by atoms with Gasteiger partial charge in [0.2, 0.25) is 5.91 Å². The van der Waals surface area contributed by atoms with Crippen LogP contribution in [0.3, 0.4) is 0 Å². The molecule has 110 valence electrons. The van der Waals surface area contributed by atoms with E-state index in [9.17, 15) is 9.90 Å². The molecule has 0 atom stereocenters. The van der Waals surface area contributed by atoms with Crippen molar-refractivity contribution in [1.29, 1.82) is 0 Å². The van der Waals surface area contributed by atoms with Crippen LogP contribution in [0, 0.1) is 11.3 Å². The molecule has 19 heavy (non-hydrogen) atoms. The van der Waals surface area contributed by atoms with Crippen molar-refractivity contribution in [3.63, 3.8) is 0 Å². The van der Waals surface area contributed by atoms with E-state index in [1.807, 2.05) is 0 Å². The number of carbonyl (C=O) groups is 1. The van der Waals surface area contributed by atoms with E-state index in [-0.39, 0.29) is 17.9 Å². The van der Waals surface area contributed by atoms with E-state index in [1.165, 1.54) is 25.7 Å². The number of aliphatic hydroxyl groups excluding tert-OH is 1. The van der Waals surface area contributed by atoms with Gasteiger partial charge in [-0.1, -0.05) is 12.8 Å². The van der Waals surface area contributed by atoms with E-state index in [0.717, 1.165) is 32.4 Å². The Kier molecular flexibility index (Phi) is 5.64. The minimum atomic E-state index is -0.0234. The Morgan fingerprint density at radius 3 is 2.58 bits per heavy atom. The third-order valence-electron chi connectivity index (χ3n) is 4.90. The van der Waals surface area contributed by atoms with Crippen molar-refractivity contribution in [3.8, 4) is 0 Å². The smallest absolute Gasteiger partial charge is 0.220 e. The van der Waals surface area contributed by atoms with Crippen molar-refractivity contribution in [3.05, 3.63) is 0 Å². The van der Waals surface area contributed by atoms with Gasteiger partial charge < -0.3 is 15.7 Å². The van der Waals surface area contributed by atoms with Crippen LogP contribution in [0.5, 0.6) is 0 Å². The molecule has 0 aromatic carbocycles. The molecule has 2 aliphatic rings. The Labute approximate surface area is 116 Å². The molecule has 0 radical (unpaired) electrons. The summed E-state index contributed by atoms with van der Waals surface area (Å²) in [7, 11) is 0. The van der Waals surface area contributed by atoms with Crippen LogP contribution < -0.4 is 10.6 Å². The van der Waals surface area contributed by atoms with Crippen molar-refractivity contribution in [2.45, 2.75) is 51.4 Å². The number of hydrogen-bond donors (Lipinski definition) is 3. The van der Waals surface area contributed by atoms with Gasteiger partial charge in [-0.15, -0.1) is 0 Å². The Bertz CT molecular complexity index is 282. The summed E-state index contributed by atoms with van der Waals surface area (Å²) in [6.45, 7) is 3.07. The number of carbonyl (C=O) groups excluding carboxylic acids is 1. The lowest BCUT2D eigenvalue weighted by Crippen LogP contribution is -2.38. The molecule has 3 N–H and O–H groups in total. The largest absolute Gasteiger partial charge is 0.396 e. The maximum Gasteiger partial charge on any atom is 0.220 e. The lowest BCUT2D eigenvalue weighted by atomic mass is 9.87. The number of hydrogen-bond acceptors (Lipinski definition) is 3. The summed E-state index contributed by atoms with van der Waals surface area (Å²) in [6.07, 6.45) is 8.54. The molecule has 4 heteroatoms. The van der Waals surface area contributed by atoms with Gasteiger partial charge in [-0.05, 0) is 51.1 Å². The van der Waals surface area contributed by atoms with Crippen LogP contribution in [-0.2, 0) is 4.79 Å². The zero-order chi connectivity index (χ0) is 13.6. The highest BCUT2D eigenvalue weighted by atomic mass is 16.3. The van der Waals surface area contributed by atoms with E-state index in [0.29, 0.717) is 18.9 Å². The normalized spacial score (nSPS) is 23.4. The standard InChI is InChI=1S/C15H28N2O2/c18-12-15(7-1-2-8-15)11-17-14(19)4-3-13-5-9-16-10-6-13/h13,16,18H,1-12H2,(H,17,19). The van der Waals surface area contributed by atoms with Crippen molar-refractivity contribution < 1.29 is 9.90 Å². The number of rotatable bonds is 6. The minimum Gasteiger partial charge on any atom is -0.396 e. The van der Waals surface area contributed by atoms with Crippen molar-refractivity contribution in [1.82, 2.24) is 10.6 Å². The molecule has 1 saturated carbocycles. The van der Waals surface area contributed by atoms with Crippen LogP contribution in [-0.4, -0.2) is 37.3 Å². The highest BCUT2D eigenvalue weighted by Gasteiger charge is 2.33. The van der Waals surface area contributed by atoms with Gasteiger partial charge in [-0.25, -0.2) is 0 Å². The predicted octanol–water partition coefficient (Wildman–Crippen LogP) is 1.44. The van der Waals surface area contributed by atoms with E-state index >= 15 is 0 Å². The molecular weight excluding hydrogens is 240 g/mol. The highest BCUT2D eigenvalue weighted by molar-refractivity contribution is 5.75. The molecular formula is C15H28N2O2. The van der Waals surface area contributed by atoms with Gasteiger partial charge >= 0.3 is 0 Å². The summed E-state index contributed by atoms with van der Waals surface area (Å²) < 4.78 is 0. The average molecular weight is 268 g/mol. The Morgan fingerprint density at radius 2 is 1.95 bits per heavy atom. The summed E-state index contributed by atoms with van der Waals surface area (Å²) in [5.41, 5.74) is -0.0234. The predicted molar refractivity (Wildman–Crippen MR) is 75.8 cm³/mol. The molecule has 0 unspecified atom stereocenters. The molecule has 1 amide bonds. The van der Waals surface area contributed by atoms with Gasteiger partial charge in [-0.2, -0.15) is 0 Å². The topological polar surface area (TPSA) is 61.4 Å². The van der Waals surface area contributed by atoms with E-state index in [4.69, 9.17) is 0 Å². The molecule has 4 nitrogen and oxygen atoms in total. The van der Waals surface area contributed by atoms with Crippen LogP contribution in [0.25, 0.3) is 0 Å². The maximum absolute atomic E-state index is 11.9. The van der Waals surface area contributed by atoms with Crippen LogP contribution in [0.4, 0.5) is 0 Å². The molecule has 0 aromatic rings. The second-order valence-corrected chi connectivity index (χ2v) is 6.37. The average Bonchev–Trinajstić information content (AvgIpc) is 2.93. The molecule has 1 aliphatic heterocycles. The van der Waals surface area contributed by atoms with Gasteiger partial charge in [0.15, 0.2) is 0 Å². The van der Waals surface area contributed by atoms with Crippen LogP contribution in [0.2, 0.25) is 0 Å². The second kappa shape index (κ2) is 7.25. The summed E-state index contributed by atoms with van der Waals surface area (Å²) in [6, 6.07) is 0. The third-order valence-corrected chi connectivity index (χ3v) is 4.90.